The Morgan fingerprint density at radius 2 is 2.07 bits per heavy atom. The number of hydrogen-bond donors (Lipinski definition) is 1. The van der Waals surface area contributed by atoms with Crippen molar-refractivity contribution < 1.29 is 18.8 Å². The van der Waals surface area contributed by atoms with Crippen molar-refractivity contribution >= 4 is 16.8 Å². The minimum atomic E-state index is -1.24. The molecule has 0 aliphatic carbocycles. The van der Waals surface area contributed by atoms with Crippen molar-refractivity contribution in [1.82, 2.24) is 0 Å². The molecule has 15 heavy (non-hydrogen) atoms. The molecule has 0 radical (unpaired) electrons. The quantitative estimate of drug-likeness (QED) is 0.666. The molecule has 90 valence electrons. The fraction of sp³-hybridized carbons (Fsp3) is 0.900. The first-order valence-corrected chi connectivity index (χ1v) is 6.59. The molecular weight excluding hydrogens is 216 g/mol. The van der Waals surface area contributed by atoms with Gasteiger partial charge >= 0.3 is 5.97 Å². The molecule has 0 heterocycles. The van der Waals surface area contributed by atoms with Gasteiger partial charge in [-0.15, -0.1) is 0 Å². The highest BCUT2D eigenvalue weighted by molar-refractivity contribution is 7.86. The van der Waals surface area contributed by atoms with Gasteiger partial charge in [0.05, 0.1) is 6.10 Å². The van der Waals surface area contributed by atoms with Gasteiger partial charge in [0, 0.05) is 23.2 Å². The minimum Gasteiger partial charge on any atom is -0.462 e. The van der Waals surface area contributed by atoms with Crippen LogP contribution in [0.3, 0.4) is 0 Å². The largest absolute Gasteiger partial charge is 0.462 e. The predicted octanol–water partition coefficient (Wildman–Crippen LogP) is 0.848. The van der Waals surface area contributed by atoms with Gasteiger partial charge in [-0.1, -0.05) is 6.92 Å². The number of hydrogen-bond acceptors (Lipinski definition) is 4. The van der Waals surface area contributed by atoms with Crippen molar-refractivity contribution in [1.29, 1.82) is 0 Å². The van der Waals surface area contributed by atoms with Crippen LogP contribution in [0.2, 0.25) is 0 Å². The van der Waals surface area contributed by atoms with Crippen molar-refractivity contribution in [2.45, 2.75) is 45.0 Å². The van der Waals surface area contributed by atoms with E-state index in [2.05, 4.69) is 0 Å². The zero-order valence-corrected chi connectivity index (χ0v) is 10.4. The second kappa shape index (κ2) is 7.82. The third kappa shape index (κ3) is 5.89. The topological polar surface area (TPSA) is 63.6 Å². The zero-order chi connectivity index (χ0) is 11.8. The molecule has 0 amide bonds. The summed E-state index contributed by atoms with van der Waals surface area (Å²) < 4.78 is 16.7. The van der Waals surface area contributed by atoms with Crippen LogP contribution in [0.1, 0.15) is 33.6 Å². The molecule has 0 spiro atoms. The van der Waals surface area contributed by atoms with Gasteiger partial charge in [0.2, 0.25) is 0 Å². The lowest BCUT2D eigenvalue weighted by Gasteiger charge is -2.15. The van der Waals surface area contributed by atoms with Crippen molar-refractivity contribution in [2.75, 3.05) is 12.4 Å². The Kier molecular flexibility index (Phi) is 7.60. The van der Waals surface area contributed by atoms with E-state index < -0.39 is 22.0 Å². The highest BCUT2D eigenvalue weighted by Crippen LogP contribution is 2.07. The third-order valence-electron chi connectivity index (χ3n) is 1.81. The summed E-state index contributed by atoms with van der Waals surface area (Å²) in [5.74, 6) is -0.0499. The van der Waals surface area contributed by atoms with Gasteiger partial charge in [-0.25, -0.2) is 0 Å². The first-order valence-electron chi connectivity index (χ1n) is 5.21. The Morgan fingerprint density at radius 3 is 2.47 bits per heavy atom. The molecule has 0 aromatic heterocycles. The average Bonchev–Trinajstić information content (AvgIpc) is 2.14. The predicted molar refractivity (Wildman–Crippen MR) is 60.0 cm³/mol. The summed E-state index contributed by atoms with van der Waals surface area (Å²) >= 11 is 0. The summed E-state index contributed by atoms with van der Waals surface area (Å²) in [5.41, 5.74) is 0. The van der Waals surface area contributed by atoms with Crippen LogP contribution in [0.15, 0.2) is 0 Å². The Bertz CT molecular complexity index is 215. The summed E-state index contributed by atoms with van der Waals surface area (Å²) in [4.78, 5) is 11.5. The molecule has 1 N–H and O–H groups in total. The first kappa shape index (κ1) is 14.6. The van der Waals surface area contributed by atoms with Gasteiger partial charge in [0.1, 0.15) is 5.25 Å². The van der Waals surface area contributed by atoms with E-state index in [1.54, 1.807) is 13.8 Å². The van der Waals surface area contributed by atoms with Crippen LogP contribution in [0.4, 0.5) is 0 Å². The van der Waals surface area contributed by atoms with Gasteiger partial charge in [0.25, 0.3) is 0 Å². The van der Waals surface area contributed by atoms with E-state index in [0.717, 1.165) is 0 Å². The van der Waals surface area contributed by atoms with Crippen molar-refractivity contribution in [3.8, 4) is 0 Å². The van der Waals surface area contributed by atoms with Gasteiger partial charge in [-0.3, -0.25) is 9.00 Å². The second-order valence-electron chi connectivity index (χ2n) is 3.54. The van der Waals surface area contributed by atoms with Crippen molar-refractivity contribution in [2.24, 2.45) is 0 Å². The number of esters is 1. The zero-order valence-electron chi connectivity index (χ0n) is 9.56. The number of ether oxygens (including phenoxy) is 1. The van der Waals surface area contributed by atoms with Gasteiger partial charge < -0.3 is 9.84 Å². The molecule has 0 aromatic rings. The summed E-state index contributed by atoms with van der Waals surface area (Å²) in [5, 5.41) is 8.05. The van der Waals surface area contributed by atoms with E-state index in [0.29, 0.717) is 18.6 Å². The fourth-order valence-electron chi connectivity index (χ4n) is 1.12. The molecule has 4 nitrogen and oxygen atoms in total. The molecule has 2 unspecified atom stereocenters. The van der Waals surface area contributed by atoms with Crippen LogP contribution in [-0.4, -0.2) is 39.0 Å². The molecule has 0 aliphatic rings. The minimum absolute atomic E-state index is 0.00139. The molecule has 2 atom stereocenters. The van der Waals surface area contributed by atoms with E-state index in [1.165, 1.54) is 0 Å². The summed E-state index contributed by atoms with van der Waals surface area (Å²) in [6.45, 7) is 5.34. The first-order chi connectivity index (χ1) is 7.02. The molecule has 0 saturated carbocycles. The molecule has 0 aromatic carbocycles. The standard InChI is InChI=1S/C10H20O4S/c1-4-9(10(12)14-8(2)3)15(13)7-5-6-11/h8-9,11H,4-7H2,1-3H3. The molecule has 0 bridgehead atoms. The monoisotopic (exact) mass is 236 g/mol. The maximum absolute atomic E-state index is 11.7. The average molecular weight is 236 g/mol. The SMILES string of the molecule is CCC(C(=O)OC(C)C)S(=O)CCCO. The van der Waals surface area contributed by atoms with Crippen LogP contribution in [-0.2, 0) is 20.3 Å². The number of carbonyl (C=O) groups excluding carboxylic acids is 1. The van der Waals surface area contributed by atoms with E-state index in [1.807, 2.05) is 6.92 Å². The molecule has 0 saturated heterocycles. The number of aliphatic hydroxyl groups is 1. The van der Waals surface area contributed by atoms with Crippen LogP contribution in [0.5, 0.6) is 0 Å². The highest BCUT2D eigenvalue weighted by atomic mass is 32.2. The summed E-state index contributed by atoms with van der Waals surface area (Å²) in [6.07, 6.45) is 0.781. The maximum atomic E-state index is 11.7. The van der Waals surface area contributed by atoms with Crippen LogP contribution in [0, 0.1) is 0 Å². The van der Waals surface area contributed by atoms with Crippen molar-refractivity contribution in [3.63, 3.8) is 0 Å². The van der Waals surface area contributed by atoms with Crippen LogP contribution in [0.25, 0.3) is 0 Å². The molecule has 5 heteroatoms. The normalized spacial score (nSPS) is 15.0. The number of aliphatic hydroxyl groups excluding tert-OH is 1. The van der Waals surface area contributed by atoms with Gasteiger partial charge in [0.15, 0.2) is 0 Å². The Labute approximate surface area is 93.5 Å². The Balaban J connectivity index is 4.21. The van der Waals surface area contributed by atoms with E-state index >= 15 is 0 Å². The van der Waals surface area contributed by atoms with Crippen LogP contribution < -0.4 is 0 Å². The Morgan fingerprint density at radius 1 is 1.47 bits per heavy atom. The van der Waals surface area contributed by atoms with Crippen molar-refractivity contribution in [3.05, 3.63) is 0 Å². The van der Waals surface area contributed by atoms with E-state index in [4.69, 9.17) is 9.84 Å². The lowest BCUT2D eigenvalue weighted by atomic mass is 10.3. The fourth-order valence-corrected chi connectivity index (χ4v) is 2.46. The van der Waals surface area contributed by atoms with Gasteiger partial charge in [-0.05, 0) is 26.7 Å². The number of rotatable bonds is 7. The number of carbonyl (C=O) groups is 1. The maximum Gasteiger partial charge on any atom is 0.321 e. The smallest absolute Gasteiger partial charge is 0.321 e. The summed E-state index contributed by atoms with van der Waals surface area (Å²) in [7, 11) is -1.24. The lowest BCUT2D eigenvalue weighted by molar-refractivity contribution is -0.146. The van der Waals surface area contributed by atoms with E-state index in [9.17, 15) is 9.00 Å². The lowest BCUT2D eigenvalue weighted by Crippen LogP contribution is -2.30. The highest BCUT2D eigenvalue weighted by Gasteiger charge is 2.24. The second-order valence-corrected chi connectivity index (χ2v) is 5.28. The van der Waals surface area contributed by atoms with E-state index in [-0.39, 0.29) is 12.7 Å². The molecular formula is C10H20O4S. The third-order valence-corrected chi connectivity index (χ3v) is 3.66. The summed E-state index contributed by atoms with van der Waals surface area (Å²) in [6, 6.07) is 0. The molecule has 0 fully saturated rings. The van der Waals surface area contributed by atoms with Gasteiger partial charge in [-0.2, -0.15) is 0 Å². The van der Waals surface area contributed by atoms with Crippen LogP contribution >= 0.6 is 0 Å². The molecule has 0 rings (SSSR count). The Hall–Kier alpha value is -0.420. The molecule has 0 aliphatic heterocycles.